The average molecular weight is 280 g/mol. The highest BCUT2D eigenvalue weighted by Crippen LogP contribution is 2.31. The number of pyridine rings is 1. The van der Waals surface area contributed by atoms with Crippen LogP contribution in [0.4, 0.5) is 5.69 Å². The summed E-state index contributed by atoms with van der Waals surface area (Å²) in [6.07, 6.45) is 6.41. The maximum atomic E-state index is 9.38. The van der Waals surface area contributed by atoms with Crippen LogP contribution in [-0.4, -0.2) is 17.6 Å². The first-order valence-corrected chi connectivity index (χ1v) is 7.58. The Kier molecular flexibility index (Phi) is 4.03. The Hall–Kier alpha value is -2.12. The molecule has 108 valence electrons. The van der Waals surface area contributed by atoms with Crippen LogP contribution in [0.15, 0.2) is 30.5 Å². The van der Waals surface area contributed by atoms with Gasteiger partial charge in [0.2, 0.25) is 0 Å². The third kappa shape index (κ3) is 2.70. The van der Waals surface area contributed by atoms with Crippen molar-refractivity contribution < 1.29 is 0 Å². The Morgan fingerprint density at radius 1 is 1.29 bits per heavy atom. The van der Waals surface area contributed by atoms with Crippen molar-refractivity contribution in [3.63, 3.8) is 0 Å². The predicted octanol–water partition coefficient (Wildman–Crippen LogP) is 3.04. The van der Waals surface area contributed by atoms with Crippen LogP contribution in [0.1, 0.15) is 31.2 Å². The zero-order valence-corrected chi connectivity index (χ0v) is 12.0. The van der Waals surface area contributed by atoms with Gasteiger partial charge in [0.05, 0.1) is 16.8 Å². The smallest absolute Gasteiger partial charge is 0.103 e. The highest BCUT2D eigenvalue weighted by molar-refractivity contribution is 5.93. The van der Waals surface area contributed by atoms with Crippen LogP contribution >= 0.6 is 0 Å². The summed E-state index contributed by atoms with van der Waals surface area (Å²) in [6, 6.07) is 10.5. The molecule has 1 aliphatic rings. The number of nitriles is 1. The normalized spacial score (nSPS) is 21.9. The Morgan fingerprint density at radius 3 is 2.90 bits per heavy atom. The number of rotatable bonds is 3. The van der Waals surface area contributed by atoms with Crippen molar-refractivity contribution in [1.82, 2.24) is 4.98 Å². The van der Waals surface area contributed by atoms with Gasteiger partial charge in [-0.25, -0.2) is 0 Å². The van der Waals surface area contributed by atoms with Crippen LogP contribution in [0, 0.1) is 17.2 Å². The lowest BCUT2D eigenvalue weighted by atomic mass is 9.84. The Balaban J connectivity index is 2.00. The lowest BCUT2D eigenvalue weighted by molar-refractivity contribution is 0.333. The third-order valence-corrected chi connectivity index (χ3v) is 4.44. The number of hydrogen-bond donors (Lipinski definition) is 2. The molecule has 2 aromatic rings. The summed E-state index contributed by atoms with van der Waals surface area (Å²) in [5.41, 5.74) is 8.35. The number of anilines is 1. The number of benzene rings is 1. The van der Waals surface area contributed by atoms with Gasteiger partial charge in [-0.3, -0.25) is 4.98 Å². The molecule has 3 rings (SSSR count). The van der Waals surface area contributed by atoms with Crippen molar-refractivity contribution in [3.05, 3.63) is 36.0 Å². The molecule has 1 heterocycles. The van der Waals surface area contributed by atoms with Crippen molar-refractivity contribution in [2.75, 3.05) is 11.9 Å². The van der Waals surface area contributed by atoms with Crippen molar-refractivity contribution in [3.8, 4) is 6.07 Å². The van der Waals surface area contributed by atoms with E-state index in [2.05, 4.69) is 16.4 Å². The Bertz CT molecular complexity index is 674. The molecule has 0 aliphatic heterocycles. The number of nitrogens with two attached hydrogens (primary N) is 1. The van der Waals surface area contributed by atoms with E-state index in [1.807, 2.05) is 24.3 Å². The first kappa shape index (κ1) is 13.8. The molecule has 0 saturated heterocycles. The van der Waals surface area contributed by atoms with E-state index < -0.39 is 0 Å². The highest BCUT2D eigenvalue weighted by atomic mass is 14.9. The van der Waals surface area contributed by atoms with E-state index in [4.69, 9.17) is 5.73 Å². The van der Waals surface area contributed by atoms with E-state index in [0.717, 1.165) is 23.0 Å². The fourth-order valence-electron chi connectivity index (χ4n) is 3.25. The number of nitrogens with zero attached hydrogens (tertiary/aromatic N) is 2. The maximum absolute atomic E-state index is 9.38. The lowest BCUT2D eigenvalue weighted by Crippen LogP contribution is -2.37. The van der Waals surface area contributed by atoms with E-state index in [0.29, 0.717) is 24.1 Å². The van der Waals surface area contributed by atoms with E-state index in [-0.39, 0.29) is 0 Å². The third-order valence-electron chi connectivity index (χ3n) is 4.44. The molecule has 0 bridgehead atoms. The molecule has 0 spiro atoms. The SMILES string of the molecule is N#Cc1cnc2ccccc2c1NC1CCCCC1CN. The zero-order chi connectivity index (χ0) is 14.7. The summed E-state index contributed by atoms with van der Waals surface area (Å²) in [7, 11) is 0. The molecule has 1 aliphatic carbocycles. The van der Waals surface area contributed by atoms with Gasteiger partial charge in [0.25, 0.3) is 0 Å². The van der Waals surface area contributed by atoms with Crippen molar-refractivity contribution in [1.29, 1.82) is 5.26 Å². The van der Waals surface area contributed by atoms with E-state index in [9.17, 15) is 5.26 Å². The standard InChI is InChI=1S/C17H20N4/c18-9-12-5-1-3-7-15(12)21-17-13(10-19)11-20-16-8-4-2-6-14(16)17/h2,4,6,8,11-12,15H,1,3,5,7,9,18H2,(H,20,21). The minimum atomic E-state index is 0.349. The van der Waals surface area contributed by atoms with Gasteiger partial charge in [0.1, 0.15) is 6.07 Å². The van der Waals surface area contributed by atoms with Crippen molar-refractivity contribution >= 4 is 16.6 Å². The van der Waals surface area contributed by atoms with Gasteiger partial charge in [-0.05, 0) is 31.4 Å². The molecule has 2 atom stereocenters. The number of nitrogens with one attached hydrogen (secondary N) is 1. The predicted molar refractivity (Wildman–Crippen MR) is 84.9 cm³/mol. The second-order valence-electron chi connectivity index (χ2n) is 5.71. The summed E-state index contributed by atoms with van der Waals surface area (Å²) in [4.78, 5) is 4.36. The molecule has 4 heteroatoms. The summed E-state index contributed by atoms with van der Waals surface area (Å²) in [5.74, 6) is 0.484. The molecule has 2 unspecified atom stereocenters. The molecule has 21 heavy (non-hydrogen) atoms. The Morgan fingerprint density at radius 2 is 2.10 bits per heavy atom. The molecule has 1 fully saturated rings. The van der Waals surface area contributed by atoms with Gasteiger partial charge in [-0.15, -0.1) is 0 Å². The molecule has 0 amide bonds. The second kappa shape index (κ2) is 6.11. The maximum Gasteiger partial charge on any atom is 0.103 e. The summed E-state index contributed by atoms with van der Waals surface area (Å²) in [5, 5.41) is 14.0. The van der Waals surface area contributed by atoms with Gasteiger partial charge < -0.3 is 11.1 Å². The number of hydrogen-bond acceptors (Lipinski definition) is 4. The van der Waals surface area contributed by atoms with Crippen LogP contribution < -0.4 is 11.1 Å². The fraction of sp³-hybridized carbons (Fsp3) is 0.412. The van der Waals surface area contributed by atoms with Crippen LogP contribution in [0.3, 0.4) is 0 Å². The molecule has 3 N–H and O–H groups in total. The zero-order valence-electron chi connectivity index (χ0n) is 12.0. The molecule has 1 aromatic heterocycles. The van der Waals surface area contributed by atoms with Gasteiger partial charge in [0, 0.05) is 17.6 Å². The first-order chi connectivity index (χ1) is 10.3. The van der Waals surface area contributed by atoms with Gasteiger partial charge in [-0.1, -0.05) is 31.0 Å². The number of para-hydroxylation sites is 1. The lowest BCUT2D eigenvalue weighted by Gasteiger charge is -2.32. The van der Waals surface area contributed by atoms with Gasteiger partial charge in [0.15, 0.2) is 0 Å². The average Bonchev–Trinajstić information content (AvgIpc) is 2.55. The minimum absolute atomic E-state index is 0.349. The van der Waals surface area contributed by atoms with Gasteiger partial charge >= 0.3 is 0 Å². The van der Waals surface area contributed by atoms with E-state index in [1.54, 1.807) is 6.20 Å². The van der Waals surface area contributed by atoms with E-state index >= 15 is 0 Å². The largest absolute Gasteiger partial charge is 0.380 e. The summed E-state index contributed by atoms with van der Waals surface area (Å²) in [6.45, 7) is 0.697. The first-order valence-electron chi connectivity index (χ1n) is 7.58. The quantitative estimate of drug-likeness (QED) is 0.906. The number of aromatic nitrogens is 1. The second-order valence-corrected chi connectivity index (χ2v) is 5.71. The monoisotopic (exact) mass is 280 g/mol. The molecule has 0 radical (unpaired) electrons. The molecule has 1 aromatic carbocycles. The molecular weight excluding hydrogens is 260 g/mol. The van der Waals surface area contributed by atoms with E-state index in [1.165, 1.54) is 19.3 Å². The molecule has 4 nitrogen and oxygen atoms in total. The Labute approximate surface area is 125 Å². The van der Waals surface area contributed by atoms with Crippen molar-refractivity contribution in [2.45, 2.75) is 31.7 Å². The molecule has 1 saturated carbocycles. The fourth-order valence-corrected chi connectivity index (χ4v) is 3.25. The molecular formula is C17H20N4. The number of fused-ring (bicyclic) bond motifs is 1. The summed E-state index contributed by atoms with van der Waals surface area (Å²) < 4.78 is 0. The van der Waals surface area contributed by atoms with Crippen LogP contribution in [0.5, 0.6) is 0 Å². The van der Waals surface area contributed by atoms with Crippen molar-refractivity contribution in [2.24, 2.45) is 11.7 Å². The van der Waals surface area contributed by atoms with Crippen LogP contribution in [0.25, 0.3) is 10.9 Å². The van der Waals surface area contributed by atoms with Crippen LogP contribution in [0.2, 0.25) is 0 Å². The van der Waals surface area contributed by atoms with Crippen LogP contribution in [-0.2, 0) is 0 Å². The highest BCUT2D eigenvalue weighted by Gasteiger charge is 2.25. The summed E-state index contributed by atoms with van der Waals surface area (Å²) >= 11 is 0. The minimum Gasteiger partial charge on any atom is -0.380 e. The van der Waals surface area contributed by atoms with Gasteiger partial charge in [-0.2, -0.15) is 5.26 Å². The topological polar surface area (TPSA) is 74.7 Å².